The van der Waals surface area contributed by atoms with E-state index in [1.165, 1.54) is 25.8 Å². The molecule has 1 fully saturated rings. The summed E-state index contributed by atoms with van der Waals surface area (Å²) >= 11 is 0. The SMILES string of the molecule is CN(CCCCC(C)(N)C(N)=O)CC1CCC1. The first-order chi connectivity index (χ1) is 7.92. The summed E-state index contributed by atoms with van der Waals surface area (Å²) in [6.07, 6.45) is 6.93. The van der Waals surface area contributed by atoms with Gasteiger partial charge >= 0.3 is 0 Å². The first kappa shape index (κ1) is 14.5. The van der Waals surface area contributed by atoms with Crippen LogP contribution in [0.3, 0.4) is 0 Å². The van der Waals surface area contributed by atoms with Crippen LogP contribution in [0.25, 0.3) is 0 Å². The van der Waals surface area contributed by atoms with Gasteiger partial charge in [-0.25, -0.2) is 0 Å². The van der Waals surface area contributed by atoms with Crippen LogP contribution in [-0.4, -0.2) is 36.5 Å². The topological polar surface area (TPSA) is 72.3 Å². The van der Waals surface area contributed by atoms with Crippen molar-refractivity contribution >= 4 is 5.91 Å². The molecule has 0 aromatic rings. The first-order valence-corrected chi connectivity index (χ1v) is 6.69. The minimum Gasteiger partial charge on any atom is -0.368 e. The Labute approximate surface area is 105 Å². The molecule has 0 radical (unpaired) electrons. The predicted octanol–water partition coefficient (Wildman–Crippen LogP) is 1.09. The smallest absolute Gasteiger partial charge is 0.237 e. The highest BCUT2D eigenvalue weighted by atomic mass is 16.1. The summed E-state index contributed by atoms with van der Waals surface area (Å²) in [4.78, 5) is 13.4. The number of nitrogens with zero attached hydrogens (tertiary/aromatic N) is 1. The van der Waals surface area contributed by atoms with Crippen LogP contribution in [0.5, 0.6) is 0 Å². The summed E-state index contributed by atoms with van der Waals surface area (Å²) in [6, 6.07) is 0. The van der Waals surface area contributed by atoms with Gasteiger partial charge in [0.15, 0.2) is 0 Å². The average Bonchev–Trinajstić information content (AvgIpc) is 2.18. The van der Waals surface area contributed by atoms with Crippen LogP contribution in [0.2, 0.25) is 0 Å². The van der Waals surface area contributed by atoms with Gasteiger partial charge in [0, 0.05) is 6.54 Å². The predicted molar refractivity (Wildman–Crippen MR) is 70.5 cm³/mol. The molecule has 4 nitrogen and oxygen atoms in total. The molecule has 1 unspecified atom stereocenters. The maximum Gasteiger partial charge on any atom is 0.237 e. The van der Waals surface area contributed by atoms with E-state index in [-0.39, 0.29) is 0 Å². The van der Waals surface area contributed by atoms with Gasteiger partial charge in [-0.3, -0.25) is 4.79 Å². The third kappa shape index (κ3) is 5.04. The lowest BCUT2D eigenvalue weighted by Gasteiger charge is -2.30. The molecule has 1 amide bonds. The van der Waals surface area contributed by atoms with Crippen molar-refractivity contribution < 1.29 is 4.79 Å². The highest BCUT2D eigenvalue weighted by Gasteiger charge is 2.24. The second-order valence-corrected chi connectivity index (χ2v) is 5.80. The van der Waals surface area contributed by atoms with E-state index >= 15 is 0 Å². The molecule has 100 valence electrons. The largest absolute Gasteiger partial charge is 0.368 e. The van der Waals surface area contributed by atoms with Gasteiger partial charge in [0.05, 0.1) is 5.54 Å². The minimum absolute atomic E-state index is 0.402. The Kier molecular flexibility index (Phi) is 5.40. The van der Waals surface area contributed by atoms with E-state index < -0.39 is 11.4 Å². The standard InChI is InChI=1S/C13H27N3O/c1-13(15,12(14)17)8-3-4-9-16(2)10-11-6-5-7-11/h11H,3-10,15H2,1-2H3,(H2,14,17). The highest BCUT2D eigenvalue weighted by Crippen LogP contribution is 2.26. The number of amides is 1. The maximum atomic E-state index is 11.0. The number of primary amides is 1. The zero-order valence-electron chi connectivity index (χ0n) is 11.2. The number of unbranched alkanes of at least 4 members (excludes halogenated alkanes) is 1. The molecule has 0 bridgehead atoms. The normalized spacial score (nSPS) is 20.0. The van der Waals surface area contributed by atoms with Crippen molar-refractivity contribution in [3.63, 3.8) is 0 Å². The van der Waals surface area contributed by atoms with Crippen molar-refractivity contribution in [2.45, 2.75) is 51.0 Å². The molecule has 4 heteroatoms. The van der Waals surface area contributed by atoms with Crippen molar-refractivity contribution in [2.24, 2.45) is 17.4 Å². The van der Waals surface area contributed by atoms with Crippen LogP contribution < -0.4 is 11.5 Å². The van der Waals surface area contributed by atoms with Crippen molar-refractivity contribution in [1.29, 1.82) is 0 Å². The van der Waals surface area contributed by atoms with Crippen LogP contribution in [-0.2, 0) is 4.79 Å². The monoisotopic (exact) mass is 241 g/mol. The van der Waals surface area contributed by atoms with Gasteiger partial charge in [0.25, 0.3) is 0 Å². The third-order valence-corrected chi connectivity index (χ3v) is 3.84. The van der Waals surface area contributed by atoms with E-state index in [4.69, 9.17) is 11.5 Å². The molecular weight excluding hydrogens is 214 g/mol. The lowest BCUT2D eigenvalue weighted by molar-refractivity contribution is -0.122. The molecule has 17 heavy (non-hydrogen) atoms. The van der Waals surface area contributed by atoms with Crippen LogP contribution >= 0.6 is 0 Å². The molecule has 1 aliphatic rings. The second-order valence-electron chi connectivity index (χ2n) is 5.80. The number of hydrogen-bond donors (Lipinski definition) is 2. The van der Waals surface area contributed by atoms with Crippen LogP contribution in [0, 0.1) is 5.92 Å². The lowest BCUT2D eigenvalue weighted by Crippen LogP contribution is -2.49. The zero-order chi connectivity index (χ0) is 12.9. The summed E-state index contributed by atoms with van der Waals surface area (Å²) in [5, 5.41) is 0. The fourth-order valence-electron chi connectivity index (χ4n) is 2.20. The van der Waals surface area contributed by atoms with Gasteiger partial charge in [-0.05, 0) is 58.5 Å². The van der Waals surface area contributed by atoms with Crippen molar-refractivity contribution in [3.8, 4) is 0 Å². The second kappa shape index (κ2) is 6.36. The van der Waals surface area contributed by atoms with Crippen molar-refractivity contribution in [3.05, 3.63) is 0 Å². The Bertz CT molecular complexity index is 249. The minimum atomic E-state index is -0.841. The van der Waals surface area contributed by atoms with E-state index in [1.54, 1.807) is 6.92 Å². The van der Waals surface area contributed by atoms with E-state index in [2.05, 4.69) is 11.9 Å². The van der Waals surface area contributed by atoms with Crippen LogP contribution in [0.15, 0.2) is 0 Å². The van der Waals surface area contributed by atoms with E-state index in [0.717, 1.165) is 25.3 Å². The maximum absolute atomic E-state index is 11.0. The Balaban J connectivity index is 2.04. The van der Waals surface area contributed by atoms with Gasteiger partial charge in [-0.15, -0.1) is 0 Å². The van der Waals surface area contributed by atoms with E-state index in [1.807, 2.05) is 0 Å². The molecule has 1 rings (SSSR count). The van der Waals surface area contributed by atoms with Gasteiger partial charge in [-0.2, -0.15) is 0 Å². The molecular formula is C13H27N3O. The average molecular weight is 241 g/mol. The quantitative estimate of drug-likeness (QED) is 0.625. The van der Waals surface area contributed by atoms with E-state index in [9.17, 15) is 4.79 Å². The molecule has 0 aliphatic heterocycles. The van der Waals surface area contributed by atoms with Gasteiger partial charge < -0.3 is 16.4 Å². The number of carbonyl (C=O) groups excluding carboxylic acids is 1. The third-order valence-electron chi connectivity index (χ3n) is 3.84. The fraction of sp³-hybridized carbons (Fsp3) is 0.923. The fourth-order valence-corrected chi connectivity index (χ4v) is 2.20. The molecule has 0 aromatic carbocycles. The number of hydrogen-bond acceptors (Lipinski definition) is 3. The Morgan fingerprint density at radius 3 is 2.53 bits per heavy atom. The molecule has 1 aliphatic carbocycles. The van der Waals surface area contributed by atoms with Gasteiger partial charge in [0.2, 0.25) is 5.91 Å². The molecule has 0 saturated heterocycles. The molecule has 1 saturated carbocycles. The van der Waals surface area contributed by atoms with Crippen molar-refractivity contribution in [2.75, 3.05) is 20.1 Å². The summed E-state index contributed by atoms with van der Waals surface area (Å²) < 4.78 is 0. The molecule has 1 atom stereocenters. The number of nitrogens with two attached hydrogens (primary N) is 2. The summed E-state index contributed by atoms with van der Waals surface area (Å²) in [5.41, 5.74) is 10.2. The summed E-state index contributed by atoms with van der Waals surface area (Å²) in [6.45, 7) is 4.02. The van der Waals surface area contributed by atoms with E-state index in [0.29, 0.717) is 6.42 Å². The van der Waals surface area contributed by atoms with Crippen molar-refractivity contribution in [1.82, 2.24) is 4.90 Å². The zero-order valence-corrected chi connectivity index (χ0v) is 11.2. The van der Waals surface area contributed by atoms with Crippen LogP contribution in [0.4, 0.5) is 0 Å². The van der Waals surface area contributed by atoms with Gasteiger partial charge in [-0.1, -0.05) is 6.42 Å². The Hall–Kier alpha value is -0.610. The molecule has 4 N–H and O–H groups in total. The van der Waals surface area contributed by atoms with Gasteiger partial charge in [0.1, 0.15) is 0 Å². The first-order valence-electron chi connectivity index (χ1n) is 6.69. The lowest BCUT2D eigenvalue weighted by atomic mass is 9.85. The summed E-state index contributed by atoms with van der Waals surface area (Å²) in [5.74, 6) is 0.519. The molecule has 0 aromatic heterocycles. The number of carbonyl (C=O) groups is 1. The Morgan fingerprint density at radius 1 is 1.41 bits per heavy atom. The molecule has 0 heterocycles. The Morgan fingerprint density at radius 2 is 2.06 bits per heavy atom. The molecule has 0 spiro atoms. The number of rotatable bonds is 8. The summed E-state index contributed by atoms with van der Waals surface area (Å²) in [7, 11) is 2.17. The highest BCUT2D eigenvalue weighted by molar-refractivity contribution is 5.83. The van der Waals surface area contributed by atoms with Crippen LogP contribution in [0.1, 0.15) is 45.4 Å².